The van der Waals surface area contributed by atoms with Crippen molar-refractivity contribution >= 4 is 23.4 Å². The number of anilines is 2. The van der Waals surface area contributed by atoms with E-state index < -0.39 is 0 Å². The monoisotopic (exact) mass is 338 g/mol. The molecule has 0 bridgehead atoms. The molecule has 0 fully saturated rings. The molecule has 0 spiro atoms. The van der Waals surface area contributed by atoms with Crippen LogP contribution in [0.5, 0.6) is 0 Å². The molecule has 24 heavy (non-hydrogen) atoms. The van der Waals surface area contributed by atoms with E-state index in [1.807, 2.05) is 36.4 Å². The molecule has 0 saturated carbocycles. The highest BCUT2D eigenvalue weighted by Crippen LogP contribution is 2.16. The molecule has 0 atom stereocenters. The molecular weight excluding hydrogens is 320 g/mol. The first-order valence-electron chi connectivity index (χ1n) is 7.89. The van der Waals surface area contributed by atoms with E-state index in [0.29, 0.717) is 12.5 Å². The Labute approximate surface area is 146 Å². The fourth-order valence-corrected chi connectivity index (χ4v) is 2.54. The van der Waals surface area contributed by atoms with E-state index in [4.69, 9.17) is 11.6 Å². The predicted octanol–water partition coefficient (Wildman–Crippen LogP) is 4.40. The molecule has 122 valence electrons. The molecule has 0 aliphatic heterocycles. The molecule has 3 rings (SSSR count). The highest BCUT2D eigenvalue weighted by molar-refractivity contribution is 6.31. The van der Waals surface area contributed by atoms with Crippen LogP contribution in [0, 0.1) is 0 Å². The van der Waals surface area contributed by atoms with E-state index in [0.717, 1.165) is 29.4 Å². The first-order valence-corrected chi connectivity index (χ1v) is 8.27. The van der Waals surface area contributed by atoms with Crippen molar-refractivity contribution in [2.24, 2.45) is 0 Å². The van der Waals surface area contributed by atoms with Crippen LogP contribution in [0.25, 0.3) is 0 Å². The number of rotatable bonds is 7. The molecule has 0 unspecified atom stereocenters. The standard InChI is InChI=1S/C19H19ClN4/c20-17-9-5-4-8-16(17)14-23-19-22-13-11-18(24-19)21-12-10-15-6-2-1-3-7-15/h1-9,11,13H,10,12,14H2,(H2,21,22,23,24). The van der Waals surface area contributed by atoms with Crippen LogP contribution in [0.2, 0.25) is 5.02 Å². The smallest absolute Gasteiger partial charge is 0.224 e. The van der Waals surface area contributed by atoms with Gasteiger partial charge in [-0.15, -0.1) is 0 Å². The molecule has 0 saturated heterocycles. The van der Waals surface area contributed by atoms with Gasteiger partial charge in [0.1, 0.15) is 5.82 Å². The maximum atomic E-state index is 6.16. The van der Waals surface area contributed by atoms with E-state index in [9.17, 15) is 0 Å². The SMILES string of the molecule is Clc1ccccc1CNc1nccc(NCCc2ccccc2)n1. The first-order chi connectivity index (χ1) is 11.8. The minimum atomic E-state index is 0.583. The Morgan fingerprint density at radius 3 is 2.50 bits per heavy atom. The van der Waals surface area contributed by atoms with E-state index in [1.54, 1.807) is 6.20 Å². The Kier molecular flexibility index (Phi) is 5.64. The van der Waals surface area contributed by atoms with Gasteiger partial charge < -0.3 is 10.6 Å². The maximum Gasteiger partial charge on any atom is 0.224 e. The molecular formula is C19H19ClN4. The summed E-state index contributed by atoms with van der Waals surface area (Å²) in [6.45, 7) is 1.41. The quantitative estimate of drug-likeness (QED) is 0.670. The van der Waals surface area contributed by atoms with Crippen molar-refractivity contribution in [1.82, 2.24) is 9.97 Å². The van der Waals surface area contributed by atoms with Crippen molar-refractivity contribution in [2.45, 2.75) is 13.0 Å². The second-order valence-corrected chi connectivity index (χ2v) is 5.78. The van der Waals surface area contributed by atoms with Crippen molar-refractivity contribution in [3.63, 3.8) is 0 Å². The molecule has 0 aliphatic rings. The Morgan fingerprint density at radius 1 is 0.875 bits per heavy atom. The molecule has 0 amide bonds. The summed E-state index contributed by atoms with van der Waals surface area (Å²) in [6, 6.07) is 20.0. The zero-order valence-corrected chi connectivity index (χ0v) is 14.0. The van der Waals surface area contributed by atoms with Gasteiger partial charge in [-0.3, -0.25) is 0 Å². The van der Waals surface area contributed by atoms with Gasteiger partial charge in [0.2, 0.25) is 5.95 Å². The van der Waals surface area contributed by atoms with Gasteiger partial charge in [-0.1, -0.05) is 60.1 Å². The first kappa shape index (κ1) is 16.3. The van der Waals surface area contributed by atoms with Crippen LogP contribution in [0.4, 0.5) is 11.8 Å². The van der Waals surface area contributed by atoms with Crippen LogP contribution < -0.4 is 10.6 Å². The lowest BCUT2D eigenvalue weighted by atomic mass is 10.1. The summed E-state index contributed by atoms with van der Waals surface area (Å²) in [5.74, 6) is 1.39. The third-order valence-corrected chi connectivity index (χ3v) is 3.98. The highest BCUT2D eigenvalue weighted by atomic mass is 35.5. The summed E-state index contributed by atoms with van der Waals surface area (Å²) in [7, 11) is 0. The fraction of sp³-hybridized carbons (Fsp3) is 0.158. The van der Waals surface area contributed by atoms with Gasteiger partial charge in [0.15, 0.2) is 0 Å². The zero-order valence-electron chi connectivity index (χ0n) is 13.2. The molecule has 3 aromatic rings. The fourth-order valence-electron chi connectivity index (χ4n) is 2.34. The molecule has 1 aromatic heterocycles. The van der Waals surface area contributed by atoms with Crippen LogP contribution in [0.1, 0.15) is 11.1 Å². The molecule has 0 radical (unpaired) electrons. The molecule has 2 N–H and O–H groups in total. The third kappa shape index (κ3) is 4.70. The summed E-state index contributed by atoms with van der Waals surface area (Å²) in [6.07, 6.45) is 2.69. The third-order valence-electron chi connectivity index (χ3n) is 3.61. The van der Waals surface area contributed by atoms with E-state index in [2.05, 4.69) is 44.9 Å². The number of benzene rings is 2. The number of hydrogen-bond donors (Lipinski definition) is 2. The van der Waals surface area contributed by atoms with Crippen LogP contribution in [-0.4, -0.2) is 16.5 Å². The lowest BCUT2D eigenvalue weighted by Gasteiger charge is -2.09. The van der Waals surface area contributed by atoms with Crippen molar-refractivity contribution < 1.29 is 0 Å². The van der Waals surface area contributed by atoms with Crippen LogP contribution in [0.15, 0.2) is 66.9 Å². The van der Waals surface area contributed by atoms with Crippen molar-refractivity contribution in [2.75, 3.05) is 17.2 Å². The van der Waals surface area contributed by atoms with Crippen molar-refractivity contribution in [1.29, 1.82) is 0 Å². The average molecular weight is 339 g/mol. The summed E-state index contributed by atoms with van der Waals surface area (Å²) < 4.78 is 0. The zero-order chi connectivity index (χ0) is 16.6. The number of nitrogens with zero attached hydrogens (tertiary/aromatic N) is 2. The topological polar surface area (TPSA) is 49.8 Å². The Morgan fingerprint density at radius 2 is 1.67 bits per heavy atom. The second kappa shape index (κ2) is 8.31. The van der Waals surface area contributed by atoms with E-state index >= 15 is 0 Å². The molecule has 5 heteroatoms. The van der Waals surface area contributed by atoms with Crippen molar-refractivity contribution in [3.05, 3.63) is 83.0 Å². The minimum Gasteiger partial charge on any atom is -0.370 e. The summed E-state index contributed by atoms with van der Waals surface area (Å²) in [5, 5.41) is 7.27. The van der Waals surface area contributed by atoms with Gasteiger partial charge in [-0.05, 0) is 29.7 Å². The number of nitrogens with one attached hydrogen (secondary N) is 2. The van der Waals surface area contributed by atoms with E-state index in [-0.39, 0.29) is 0 Å². The number of halogens is 1. The summed E-state index contributed by atoms with van der Waals surface area (Å²) in [5.41, 5.74) is 2.32. The average Bonchev–Trinajstić information content (AvgIpc) is 2.62. The molecule has 1 heterocycles. The largest absolute Gasteiger partial charge is 0.370 e. The Bertz CT molecular complexity index is 777. The highest BCUT2D eigenvalue weighted by Gasteiger charge is 2.02. The number of aromatic nitrogens is 2. The van der Waals surface area contributed by atoms with Crippen molar-refractivity contribution in [3.8, 4) is 0 Å². The van der Waals surface area contributed by atoms with Crippen LogP contribution in [0.3, 0.4) is 0 Å². The van der Waals surface area contributed by atoms with Gasteiger partial charge in [0.05, 0.1) is 0 Å². The number of hydrogen-bond acceptors (Lipinski definition) is 4. The maximum absolute atomic E-state index is 6.16. The van der Waals surface area contributed by atoms with Crippen LogP contribution in [-0.2, 0) is 13.0 Å². The normalized spacial score (nSPS) is 10.4. The van der Waals surface area contributed by atoms with Gasteiger partial charge in [0, 0.05) is 24.3 Å². The Balaban J connectivity index is 1.53. The van der Waals surface area contributed by atoms with Gasteiger partial charge >= 0.3 is 0 Å². The predicted molar refractivity (Wildman–Crippen MR) is 99.4 cm³/mol. The lowest BCUT2D eigenvalue weighted by Crippen LogP contribution is -2.09. The summed E-state index contributed by atoms with van der Waals surface area (Å²) >= 11 is 6.16. The molecule has 0 aliphatic carbocycles. The molecule has 4 nitrogen and oxygen atoms in total. The van der Waals surface area contributed by atoms with E-state index in [1.165, 1.54) is 5.56 Å². The Hall–Kier alpha value is -2.59. The molecule has 2 aromatic carbocycles. The lowest BCUT2D eigenvalue weighted by molar-refractivity contribution is 0.991. The van der Waals surface area contributed by atoms with Gasteiger partial charge in [0.25, 0.3) is 0 Å². The summed E-state index contributed by atoms with van der Waals surface area (Å²) in [4.78, 5) is 8.72. The van der Waals surface area contributed by atoms with Gasteiger partial charge in [-0.25, -0.2) is 4.98 Å². The minimum absolute atomic E-state index is 0.583. The van der Waals surface area contributed by atoms with Gasteiger partial charge in [-0.2, -0.15) is 4.98 Å². The second-order valence-electron chi connectivity index (χ2n) is 5.37. The van der Waals surface area contributed by atoms with Crippen LogP contribution >= 0.6 is 11.6 Å².